The van der Waals surface area contributed by atoms with Gasteiger partial charge in [-0.1, -0.05) is 13.8 Å². The number of nitrogens with zero attached hydrogens (tertiary/aromatic N) is 5. The number of aliphatic imine (C=N–C) groups is 1. The lowest BCUT2D eigenvalue weighted by Crippen LogP contribution is -2.38. The molecule has 29 heavy (non-hydrogen) atoms. The van der Waals surface area contributed by atoms with Crippen molar-refractivity contribution < 1.29 is 17.9 Å². The van der Waals surface area contributed by atoms with Crippen molar-refractivity contribution in [3.63, 3.8) is 0 Å². The van der Waals surface area contributed by atoms with Gasteiger partial charge in [0.2, 0.25) is 5.88 Å². The van der Waals surface area contributed by atoms with Gasteiger partial charge in [0.25, 0.3) is 0 Å². The van der Waals surface area contributed by atoms with Gasteiger partial charge in [0.1, 0.15) is 0 Å². The summed E-state index contributed by atoms with van der Waals surface area (Å²) < 4.78 is 43.4. The molecule has 10 heteroatoms. The highest BCUT2D eigenvalue weighted by Gasteiger charge is 2.28. The summed E-state index contributed by atoms with van der Waals surface area (Å²) in [5, 5.41) is 7.72. The molecular formula is C19H27F3N6O. The lowest BCUT2D eigenvalue weighted by atomic mass is 10.1. The highest BCUT2D eigenvalue weighted by atomic mass is 19.4. The third-order valence-corrected chi connectivity index (χ3v) is 4.10. The van der Waals surface area contributed by atoms with Gasteiger partial charge in [-0.25, -0.2) is 4.98 Å². The van der Waals surface area contributed by atoms with Gasteiger partial charge in [-0.2, -0.15) is 18.3 Å². The van der Waals surface area contributed by atoms with Crippen LogP contribution in [0.2, 0.25) is 0 Å². The average molecular weight is 412 g/mol. The number of hydrogen-bond donors (Lipinski definition) is 1. The molecule has 0 spiro atoms. The summed E-state index contributed by atoms with van der Waals surface area (Å²) in [6, 6.07) is 3.18. The maximum atomic E-state index is 12.3. The Balaban J connectivity index is 1.98. The minimum absolute atomic E-state index is 0.0677. The minimum Gasteiger partial charge on any atom is -0.468 e. The third kappa shape index (κ3) is 6.95. The van der Waals surface area contributed by atoms with Crippen molar-refractivity contribution in [2.45, 2.75) is 39.0 Å². The van der Waals surface area contributed by atoms with Crippen LogP contribution < -0.4 is 10.1 Å². The lowest BCUT2D eigenvalue weighted by Gasteiger charge is -2.22. The van der Waals surface area contributed by atoms with Crippen molar-refractivity contribution in [1.82, 2.24) is 25.0 Å². The van der Waals surface area contributed by atoms with Crippen molar-refractivity contribution in [2.75, 3.05) is 20.7 Å². The number of aromatic nitrogens is 3. The predicted molar refractivity (Wildman–Crippen MR) is 105 cm³/mol. The van der Waals surface area contributed by atoms with Crippen molar-refractivity contribution in [3.05, 3.63) is 41.3 Å². The molecule has 0 saturated heterocycles. The van der Waals surface area contributed by atoms with E-state index in [1.165, 1.54) is 12.3 Å². The number of aryl methyl sites for hydroxylation is 1. The van der Waals surface area contributed by atoms with Crippen LogP contribution in [0.1, 0.15) is 36.6 Å². The van der Waals surface area contributed by atoms with Gasteiger partial charge in [0, 0.05) is 58.3 Å². The first-order valence-corrected chi connectivity index (χ1v) is 9.17. The molecule has 0 saturated carbocycles. The smallest absolute Gasteiger partial charge is 0.422 e. The summed E-state index contributed by atoms with van der Waals surface area (Å²) in [7, 11) is 5.48. The van der Waals surface area contributed by atoms with E-state index in [2.05, 4.69) is 34.2 Å². The quantitative estimate of drug-likeness (QED) is 0.559. The fourth-order valence-electron chi connectivity index (χ4n) is 2.85. The Hall–Kier alpha value is -2.78. The van der Waals surface area contributed by atoms with Crippen LogP contribution in [0.3, 0.4) is 0 Å². The van der Waals surface area contributed by atoms with E-state index in [0.717, 1.165) is 16.8 Å². The van der Waals surface area contributed by atoms with E-state index in [4.69, 9.17) is 4.74 Å². The Kier molecular flexibility index (Phi) is 7.46. The zero-order chi connectivity index (χ0) is 21.6. The highest BCUT2D eigenvalue weighted by molar-refractivity contribution is 5.79. The normalized spacial score (nSPS) is 12.4. The Morgan fingerprint density at radius 2 is 2.10 bits per heavy atom. The minimum atomic E-state index is -4.40. The highest BCUT2D eigenvalue weighted by Crippen LogP contribution is 2.19. The van der Waals surface area contributed by atoms with E-state index < -0.39 is 12.8 Å². The summed E-state index contributed by atoms with van der Waals surface area (Å²) in [4.78, 5) is 10.1. The van der Waals surface area contributed by atoms with E-state index in [1.807, 2.05) is 25.2 Å². The van der Waals surface area contributed by atoms with Gasteiger partial charge in [0.15, 0.2) is 12.6 Å². The van der Waals surface area contributed by atoms with E-state index in [0.29, 0.717) is 25.0 Å². The van der Waals surface area contributed by atoms with E-state index in [9.17, 15) is 13.2 Å². The fraction of sp³-hybridized carbons (Fsp3) is 0.526. The van der Waals surface area contributed by atoms with Crippen LogP contribution in [0.4, 0.5) is 13.2 Å². The summed E-state index contributed by atoms with van der Waals surface area (Å²) in [5.41, 5.74) is 2.88. The zero-order valence-electron chi connectivity index (χ0n) is 17.3. The molecule has 0 atom stereocenters. The van der Waals surface area contributed by atoms with Crippen molar-refractivity contribution in [1.29, 1.82) is 0 Å². The SMILES string of the molecule is CN=C(NCc1ccnc(OCC(F)(F)F)c1)N(C)Cc1cn(C)nc1C(C)C. The van der Waals surface area contributed by atoms with E-state index >= 15 is 0 Å². The summed E-state index contributed by atoms with van der Waals surface area (Å²) in [5.74, 6) is 0.890. The van der Waals surface area contributed by atoms with Gasteiger partial charge in [0.05, 0.1) is 5.69 Å². The summed E-state index contributed by atoms with van der Waals surface area (Å²) in [6.07, 6.45) is -0.992. The van der Waals surface area contributed by atoms with Crippen LogP contribution in [0, 0.1) is 0 Å². The second-order valence-electron chi connectivity index (χ2n) is 7.03. The Bertz CT molecular complexity index is 832. The van der Waals surface area contributed by atoms with Crippen LogP contribution in [-0.2, 0) is 20.1 Å². The average Bonchev–Trinajstić information content (AvgIpc) is 3.01. The second kappa shape index (κ2) is 9.62. The maximum absolute atomic E-state index is 12.3. The molecule has 0 aromatic carbocycles. The molecule has 1 N–H and O–H groups in total. The van der Waals surface area contributed by atoms with Crippen molar-refractivity contribution in [2.24, 2.45) is 12.0 Å². The number of guanidine groups is 1. The molecule has 0 aliphatic heterocycles. The molecule has 2 aromatic rings. The second-order valence-corrected chi connectivity index (χ2v) is 7.03. The molecule has 0 radical (unpaired) electrons. The van der Waals surface area contributed by atoms with Crippen LogP contribution in [0.15, 0.2) is 29.5 Å². The van der Waals surface area contributed by atoms with E-state index in [1.54, 1.807) is 17.8 Å². The molecule has 160 valence electrons. The molecule has 0 aliphatic rings. The molecule has 2 rings (SSSR count). The van der Waals surface area contributed by atoms with Gasteiger partial charge in [-0.3, -0.25) is 9.67 Å². The summed E-state index contributed by atoms with van der Waals surface area (Å²) in [6.45, 7) is 3.81. The molecule has 0 amide bonds. The third-order valence-electron chi connectivity index (χ3n) is 4.10. The number of alkyl halides is 3. The first kappa shape index (κ1) is 22.5. The molecule has 7 nitrogen and oxygen atoms in total. The fourth-order valence-corrected chi connectivity index (χ4v) is 2.85. The van der Waals surface area contributed by atoms with Crippen LogP contribution in [-0.4, -0.2) is 52.5 Å². The number of halogens is 3. The monoisotopic (exact) mass is 412 g/mol. The van der Waals surface area contributed by atoms with Crippen LogP contribution >= 0.6 is 0 Å². The number of nitrogens with one attached hydrogen (secondary N) is 1. The van der Waals surface area contributed by atoms with Crippen molar-refractivity contribution >= 4 is 5.96 Å². The Morgan fingerprint density at radius 1 is 1.38 bits per heavy atom. The lowest BCUT2D eigenvalue weighted by molar-refractivity contribution is -0.154. The molecule has 0 bridgehead atoms. The standard InChI is InChI=1S/C19H27F3N6O/c1-13(2)17-15(11-28(5)26-17)10-27(4)18(23-3)25-9-14-6-7-24-16(8-14)29-12-19(20,21)22/h6-8,11,13H,9-10,12H2,1-5H3,(H,23,25). The molecule has 2 heterocycles. The van der Waals surface area contributed by atoms with Crippen molar-refractivity contribution in [3.8, 4) is 5.88 Å². The number of ether oxygens (including phenoxy) is 1. The molecule has 2 aromatic heterocycles. The largest absolute Gasteiger partial charge is 0.468 e. The number of rotatable bonds is 7. The number of hydrogen-bond acceptors (Lipinski definition) is 4. The van der Waals surface area contributed by atoms with Crippen LogP contribution in [0.5, 0.6) is 5.88 Å². The molecule has 0 fully saturated rings. The molecule has 0 aliphatic carbocycles. The zero-order valence-corrected chi connectivity index (χ0v) is 17.3. The first-order chi connectivity index (χ1) is 13.6. The molecular weight excluding hydrogens is 385 g/mol. The van der Waals surface area contributed by atoms with E-state index in [-0.39, 0.29) is 5.88 Å². The summed E-state index contributed by atoms with van der Waals surface area (Å²) >= 11 is 0. The van der Waals surface area contributed by atoms with Gasteiger partial charge in [-0.05, 0) is 17.5 Å². The van der Waals surface area contributed by atoms with Gasteiger partial charge < -0.3 is 15.0 Å². The van der Waals surface area contributed by atoms with Gasteiger partial charge in [-0.15, -0.1) is 0 Å². The predicted octanol–water partition coefficient (Wildman–Crippen LogP) is 3.09. The topological polar surface area (TPSA) is 67.6 Å². The number of pyridine rings is 1. The maximum Gasteiger partial charge on any atom is 0.422 e. The Labute approximate surface area is 168 Å². The van der Waals surface area contributed by atoms with Gasteiger partial charge >= 0.3 is 6.18 Å². The Morgan fingerprint density at radius 3 is 2.72 bits per heavy atom. The molecule has 0 unspecified atom stereocenters. The van der Waals surface area contributed by atoms with Crippen LogP contribution in [0.25, 0.3) is 0 Å². The first-order valence-electron chi connectivity index (χ1n) is 9.17.